The predicted octanol–water partition coefficient (Wildman–Crippen LogP) is 1.43. The molecule has 0 aromatic heterocycles. The van der Waals surface area contributed by atoms with Crippen molar-refractivity contribution in [3.05, 3.63) is 35.4 Å². The third kappa shape index (κ3) is 4.61. The van der Waals surface area contributed by atoms with Gasteiger partial charge in [-0.25, -0.2) is 0 Å². The number of hydrogen-bond donors (Lipinski definition) is 1. The number of ether oxygens (including phenoxy) is 1. The molecule has 1 rings (SSSR count). The molecule has 0 amide bonds. The molecule has 82 valence electrons. The van der Waals surface area contributed by atoms with Crippen molar-refractivity contribution in [3.8, 4) is 0 Å². The van der Waals surface area contributed by atoms with Crippen LogP contribution in [0.25, 0.3) is 0 Å². The average Bonchev–Trinajstić information content (AvgIpc) is 2.21. The first kappa shape index (κ1) is 11.7. The lowest BCUT2D eigenvalue weighted by Crippen LogP contribution is -2.12. The summed E-state index contributed by atoms with van der Waals surface area (Å²) in [6.45, 7) is 2.83. The van der Waals surface area contributed by atoms with E-state index in [1.807, 2.05) is 19.1 Å². The van der Waals surface area contributed by atoms with Gasteiger partial charge < -0.3 is 10.5 Å². The highest BCUT2D eigenvalue weighted by atomic mass is 16.5. The largest absolute Gasteiger partial charge is 0.465 e. The summed E-state index contributed by atoms with van der Waals surface area (Å²) in [6, 6.07) is 8.20. The maximum Gasteiger partial charge on any atom is 0.307 e. The van der Waals surface area contributed by atoms with Crippen LogP contribution in [0.15, 0.2) is 24.3 Å². The Kier molecular flexibility index (Phi) is 4.84. The summed E-state index contributed by atoms with van der Waals surface area (Å²) in [5.74, 6) is -0.218. The minimum absolute atomic E-state index is 0.218. The van der Waals surface area contributed by atoms with Gasteiger partial charge in [0.05, 0.1) is 13.0 Å². The molecule has 1 aromatic carbocycles. The molecule has 0 aliphatic heterocycles. The lowest BCUT2D eigenvalue weighted by molar-refractivity contribution is -0.143. The van der Waals surface area contributed by atoms with E-state index in [0.717, 1.165) is 6.42 Å². The van der Waals surface area contributed by atoms with Crippen molar-refractivity contribution in [2.45, 2.75) is 19.8 Å². The molecular formula is C12H17NO2. The van der Waals surface area contributed by atoms with E-state index in [9.17, 15) is 4.79 Å². The summed E-state index contributed by atoms with van der Waals surface area (Å²) < 4.78 is 5.00. The lowest BCUT2D eigenvalue weighted by Gasteiger charge is -2.04. The molecule has 0 bridgehead atoms. The number of carbonyl (C=O) groups excluding carboxylic acids is 1. The van der Waals surface area contributed by atoms with E-state index in [1.54, 1.807) is 0 Å². The number of benzene rings is 1. The maximum absolute atomic E-state index is 11.0. The molecule has 0 unspecified atom stereocenters. The van der Waals surface area contributed by atoms with Crippen LogP contribution in [0.1, 0.15) is 17.5 Å². The van der Waals surface area contributed by atoms with Gasteiger partial charge in [0.15, 0.2) is 0 Å². The molecule has 3 heteroatoms. The van der Waals surface area contributed by atoms with Gasteiger partial charge in [-0.15, -0.1) is 0 Å². The molecule has 1 aromatic rings. The van der Waals surface area contributed by atoms with Crippen molar-refractivity contribution < 1.29 is 9.53 Å². The second-order valence-corrected chi connectivity index (χ2v) is 3.49. The first-order valence-electron chi connectivity index (χ1n) is 5.13. The Morgan fingerprint density at radius 3 is 2.60 bits per heavy atom. The molecule has 0 spiro atoms. The van der Waals surface area contributed by atoms with Crippen LogP contribution in [-0.2, 0) is 16.0 Å². The number of esters is 1. The second kappa shape index (κ2) is 6.19. The summed E-state index contributed by atoms with van der Waals surface area (Å²) >= 11 is 0. The minimum atomic E-state index is -0.218. The molecule has 0 atom stereocenters. The summed E-state index contributed by atoms with van der Waals surface area (Å²) in [7, 11) is 0. The lowest BCUT2D eigenvalue weighted by atomic mass is 10.1. The second-order valence-electron chi connectivity index (χ2n) is 3.49. The van der Waals surface area contributed by atoms with Crippen molar-refractivity contribution in [2.24, 2.45) is 5.73 Å². The molecule has 2 N–H and O–H groups in total. The highest BCUT2D eigenvalue weighted by Gasteiger charge is 2.00. The van der Waals surface area contributed by atoms with Crippen LogP contribution in [0.5, 0.6) is 0 Å². The van der Waals surface area contributed by atoms with Gasteiger partial charge in [-0.1, -0.05) is 29.8 Å². The van der Waals surface area contributed by atoms with Crippen LogP contribution in [0.4, 0.5) is 0 Å². The molecule has 0 radical (unpaired) electrons. The Morgan fingerprint density at radius 2 is 2.00 bits per heavy atom. The van der Waals surface area contributed by atoms with Gasteiger partial charge in [0, 0.05) is 13.0 Å². The smallest absolute Gasteiger partial charge is 0.307 e. The monoisotopic (exact) mass is 207 g/mol. The molecular weight excluding hydrogens is 190 g/mol. The first-order chi connectivity index (χ1) is 7.22. The van der Waals surface area contributed by atoms with Gasteiger partial charge >= 0.3 is 5.97 Å². The van der Waals surface area contributed by atoms with Gasteiger partial charge in [0.2, 0.25) is 0 Å². The SMILES string of the molecule is Cc1ccc(CCOC(=O)CCN)cc1. The van der Waals surface area contributed by atoms with Crippen LogP contribution >= 0.6 is 0 Å². The quantitative estimate of drug-likeness (QED) is 0.743. The van der Waals surface area contributed by atoms with Gasteiger partial charge in [-0.3, -0.25) is 4.79 Å². The van der Waals surface area contributed by atoms with E-state index >= 15 is 0 Å². The van der Waals surface area contributed by atoms with E-state index in [1.165, 1.54) is 11.1 Å². The number of nitrogens with two attached hydrogens (primary N) is 1. The first-order valence-corrected chi connectivity index (χ1v) is 5.13. The van der Waals surface area contributed by atoms with E-state index in [2.05, 4.69) is 12.1 Å². The zero-order chi connectivity index (χ0) is 11.1. The van der Waals surface area contributed by atoms with Crippen molar-refractivity contribution in [1.29, 1.82) is 0 Å². The topological polar surface area (TPSA) is 52.3 Å². The van der Waals surface area contributed by atoms with Crippen molar-refractivity contribution in [1.82, 2.24) is 0 Å². The highest BCUT2D eigenvalue weighted by Crippen LogP contribution is 2.04. The highest BCUT2D eigenvalue weighted by molar-refractivity contribution is 5.69. The summed E-state index contributed by atoms with van der Waals surface area (Å²) in [6.07, 6.45) is 1.06. The number of aryl methyl sites for hydroxylation is 1. The normalized spacial score (nSPS) is 10.0. The number of hydrogen-bond acceptors (Lipinski definition) is 3. The van der Waals surface area contributed by atoms with Crippen LogP contribution in [-0.4, -0.2) is 19.1 Å². The molecule has 0 aliphatic carbocycles. The zero-order valence-corrected chi connectivity index (χ0v) is 9.03. The summed E-state index contributed by atoms with van der Waals surface area (Å²) in [4.78, 5) is 11.0. The van der Waals surface area contributed by atoms with Crippen LogP contribution in [0, 0.1) is 6.92 Å². The molecule has 3 nitrogen and oxygen atoms in total. The average molecular weight is 207 g/mol. The van der Waals surface area contributed by atoms with E-state index < -0.39 is 0 Å². The van der Waals surface area contributed by atoms with Crippen LogP contribution < -0.4 is 5.73 Å². The Morgan fingerprint density at radius 1 is 1.33 bits per heavy atom. The third-order valence-corrected chi connectivity index (χ3v) is 2.12. The van der Waals surface area contributed by atoms with Gasteiger partial charge in [0.1, 0.15) is 0 Å². The zero-order valence-electron chi connectivity index (χ0n) is 9.03. The molecule has 0 fully saturated rings. The van der Waals surface area contributed by atoms with Crippen LogP contribution in [0.3, 0.4) is 0 Å². The summed E-state index contributed by atoms with van der Waals surface area (Å²) in [5.41, 5.74) is 7.64. The van der Waals surface area contributed by atoms with Crippen molar-refractivity contribution in [2.75, 3.05) is 13.2 Å². The number of carbonyl (C=O) groups is 1. The fourth-order valence-electron chi connectivity index (χ4n) is 1.23. The van der Waals surface area contributed by atoms with Gasteiger partial charge in [-0.2, -0.15) is 0 Å². The fraction of sp³-hybridized carbons (Fsp3) is 0.417. The van der Waals surface area contributed by atoms with Crippen molar-refractivity contribution in [3.63, 3.8) is 0 Å². The third-order valence-electron chi connectivity index (χ3n) is 2.12. The number of rotatable bonds is 5. The maximum atomic E-state index is 11.0. The minimum Gasteiger partial charge on any atom is -0.465 e. The molecule has 0 saturated heterocycles. The summed E-state index contributed by atoms with van der Waals surface area (Å²) in [5, 5.41) is 0. The van der Waals surface area contributed by atoms with E-state index in [0.29, 0.717) is 19.6 Å². The predicted molar refractivity (Wildman–Crippen MR) is 59.5 cm³/mol. The Labute approximate surface area is 90.2 Å². The van der Waals surface area contributed by atoms with Crippen molar-refractivity contribution >= 4 is 5.97 Å². The van der Waals surface area contributed by atoms with Crippen LogP contribution in [0.2, 0.25) is 0 Å². The Balaban J connectivity index is 2.26. The molecule has 15 heavy (non-hydrogen) atoms. The Hall–Kier alpha value is -1.35. The van der Waals surface area contributed by atoms with Gasteiger partial charge in [-0.05, 0) is 12.5 Å². The molecule has 0 heterocycles. The molecule has 0 aliphatic rings. The standard InChI is InChI=1S/C12H17NO2/c1-10-2-4-11(5-3-10)7-9-15-12(14)6-8-13/h2-5H,6-9,13H2,1H3. The van der Waals surface area contributed by atoms with E-state index in [-0.39, 0.29) is 5.97 Å². The molecule has 0 saturated carbocycles. The van der Waals surface area contributed by atoms with Gasteiger partial charge in [0.25, 0.3) is 0 Å². The van der Waals surface area contributed by atoms with E-state index in [4.69, 9.17) is 10.5 Å². The fourth-order valence-corrected chi connectivity index (χ4v) is 1.23. The Bertz CT molecular complexity index is 306.